The topological polar surface area (TPSA) is 49.4 Å². The van der Waals surface area contributed by atoms with Crippen LogP contribution in [-0.2, 0) is 37.0 Å². The van der Waals surface area contributed by atoms with E-state index in [9.17, 15) is 0 Å². The van der Waals surface area contributed by atoms with E-state index >= 15 is 0 Å². The van der Waals surface area contributed by atoms with Gasteiger partial charge in [0.1, 0.15) is 6.10 Å². The largest absolute Gasteiger partial charge is 0.371 e. The van der Waals surface area contributed by atoms with E-state index in [1.807, 2.05) is 50.2 Å². The molecule has 5 rings (SSSR count). The number of fused-ring (bicyclic) bond motifs is 1. The minimum Gasteiger partial charge on any atom is -0.371 e. The molecule has 2 aliphatic heterocycles. The summed E-state index contributed by atoms with van der Waals surface area (Å²) < 4.78 is 24.8. The molecule has 0 N–H and O–H groups in total. The Kier molecular flexibility index (Phi) is 6.60. The van der Waals surface area contributed by atoms with Crippen molar-refractivity contribution in [3.63, 3.8) is 0 Å². The number of hydrogen-bond acceptors (Lipinski definition) is 6. The summed E-state index contributed by atoms with van der Waals surface area (Å²) in [7, 11) is 0. The van der Waals surface area contributed by atoms with Crippen molar-refractivity contribution in [1.82, 2.24) is 5.06 Å². The van der Waals surface area contributed by atoms with Crippen LogP contribution in [-0.4, -0.2) is 55.0 Å². The Morgan fingerprint density at radius 1 is 0.844 bits per heavy atom. The lowest BCUT2D eigenvalue weighted by molar-refractivity contribution is -0.301. The highest BCUT2D eigenvalue weighted by molar-refractivity contribution is 5.15. The minimum absolute atomic E-state index is 0.0159. The monoisotopic (exact) mass is 439 g/mol. The summed E-state index contributed by atoms with van der Waals surface area (Å²) in [5.41, 5.74) is 2.34. The van der Waals surface area contributed by atoms with E-state index in [-0.39, 0.29) is 24.3 Å². The molecule has 0 bridgehead atoms. The van der Waals surface area contributed by atoms with Crippen LogP contribution in [0.3, 0.4) is 0 Å². The van der Waals surface area contributed by atoms with Gasteiger partial charge in [0, 0.05) is 5.92 Å². The maximum absolute atomic E-state index is 6.54. The molecule has 2 heterocycles. The Morgan fingerprint density at radius 2 is 1.44 bits per heavy atom. The van der Waals surface area contributed by atoms with Crippen molar-refractivity contribution >= 4 is 0 Å². The lowest BCUT2D eigenvalue weighted by Gasteiger charge is -2.41. The molecular weight excluding hydrogens is 406 g/mol. The number of rotatable bonds is 7. The fourth-order valence-electron chi connectivity index (χ4n) is 4.94. The van der Waals surface area contributed by atoms with Crippen LogP contribution in [0.25, 0.3) is 0 Å². The molecule has 0 unspecified atom stereocenters. The first-order valence-electron chi connectivity index (χ1n) is 11.6. The van der Waals surface area contributed by atoms with Gasteiger partial charge in [0.15, 0.2) is 5.79 Å². The van der Waals surface area contributed by atoms with Crippen LogP contribution in [0, 0.1) is 5.92 Å². The van der Waals surface area contributed by atoms with Crippen molar-refractivity contribution in [3.05, 3.63) is 71.8 Å². The molecule has 32 heavy (non-hydrogen) atoms. The minimum atomic E-state index is -0.546. The van der Waals surface area contributed by atoms with Gasteiger partial charge < -0.3 is 18.9 Å². The zero-order chi connectivity index (χ0) is 22.0. The van der Waals surface area contributed by atoms with Crippen LogP contribution in [0.1, 0.15) is 31.4 Å². The molecule has 6 heteroatoms. The first-order valence-corrected chi connectivity index (χ1v) is 11.6. The number of benzene rings is 2. The fraction of sp³-hybridized carbons (Fsp3) is 0.538. The molecule has 0 amide bonds. The summed E-state index contributed by atoms with van der Waals surface area (Å²) in [6.07, 6.45) is 0.858. The predicted octanol–water partition coefficient (Wildman–Crippen LogP) is 3.94. The van der Waals surface area contributed by atoms with Crippen LogP contribution in [0.5, 0.6) is 0 Å². The molecule has 1 saturated carbocycles. The Morgan fingerprint density at radius 3 is 2.06 bits per heavy atom. The lowest BCUT2D eigenvalue weighted by atomic mass is 10.0. The molecule has 2 aromatic rings. The molecule has 3 fully saturated rings. The van der Waals surface area contributed by atoms with Crippen LogP contribution >= 0.6 is 0 Å². The number of nitrogens with zero attached hydrogens (tertiary/aromatic N) is 1. The van der Waals surface area contributed by atoms with Gasteiger partial charge in [0.25, 0.3) is 0 Å². The number of ether oxygens (including phenoxy) is 4. The Bertz CT molecular complexity index is 851. The van der Waals surface area contributed by atoms with Gasteiger partial charge in [-0.05, 0) is 31.4 Å². The van der Waals surface area contributed by atoms with Gasteiger partial charge in [0.2, 0.25) is 0 Å². The van der Waals surface area contributed by atoms with Crippen molar-refractivity contribution in [3.8, 4) is 0 Å². The molecule has 4 atom stereocenters. The highest BCUT2D eigenvalue weighted by atomic mass is 16.7. The van der Waals surface area contributed by atoms with E-state index < -0.39 is 5.79 Å². The number of hydroxylamine groups is 2. The molecule has 3 aliphatic rings. The molecule has 172 valence electrons. The SMILES string of the molecule is CC1(C)OCC(N2OC[C@@H]3C[C@H](OCc4ccccc4)[C@@H](OCc4ccccc4)[C@@H]32)CO1. The van der Waals surface area contributed by atoms with E-state index in [4.69, 9.17) is 23.8 Å². The van der Waals surface area contributed by atoms with Crippen molar-refractivity contribution in [2.24, 2.45) is 5.92 Å². The standard InChI is InChI=1S/C26H33NO5/c1-26(2)30-17-22(18-31-26)27-24-21(16-32-27)13-23(28-14-19-9-5-3-6-10-19)25(24)29-15-20-11-7-4-8-12-20/h3-12,21-25H,13-18H2,1-2H3/t21-,23-,24+,25+/m0/s1. The van der Waals surface area contributed by atoms with Gasteiger partial charge in [-0.25, -0.2) is 0 Å². The summed E-state index contributed by atoms with van der Waals surface area (Å²) in [6, 6.07) is 20.8. The van der Waals surface area contributed by atoms with Crippen LogP contribution in [0.15, 0.2) is 60.7 Å². The second kappa shape index (κ2) is 9.59. The Balaban J connectivity index is 1.30. The normalized spacial score (nSPS) is 30.4. The van der Waals surface area contributed by atoms with E-state index in [2.05, 4.69) is 29.3 Å². The summed E-state index contributed by atoms with van der Waals surface area (Å²) in [4.78, 5) is 6.16. The lowest BCUT2D eigenvalue weighted by Crippen LogP contribution is -2.55. The molecule has 6 nitrogen and oxygen atoms in total. The van der Waals surface area contributed by atoms with Gasteiger partial charge >= 0.3 is 0 Å². The third-order valence-corrected chi connectivity index (χ3v) is 6.65. The molecule has 0 aromatic heterocycles. The molecule has 2 saturated heterocycles. The smallest absolute Gasteiger partial charge is 0.162 e. The van der Waals surface area contributed by atoms with Crippen molar-refractivity contribution < 1.29 is 23.8 Å². The second-order valence-electron chi connectivity index (χ2n) is 9.41. The molecule has 1 aliphatic carbocycles. The van der Waals surface area contributed by atoms with Gasteiger partial charge in [0.05, 0.1) is 51.2 Å². The van der Waals surface area contributed by atoms with Crippen molar-refractivity contribution in [2.75, 3.05) is 19.8 Å². The predicted molar refractivity (Wildman–Crippen MR) is 119 cm³/mol. The average molecular weight is 440 g/mol. The third-order valence-electron chi connectivity index (χ3n) is 6.65. The zero-order valence-corrected chi connectivity index (χ0v) is 18.9. The van der Waals surface area contributed by atoms with Crippen LogP contribution in [0.2, 0.25) is 0 Å². The van der Waals surface area contributed by atoms with Gasteiger partial charge in [-0.1, -0.05) is 60.7 Å². The van der Waals surface area contributed by atoms with E-state index in [1.54, 1.807) is 0 Å². The quantitative estimate of drug-likeness (QED) is 0.651. The molecule has 0 radical (unpaired) electrons. The maximum atomic E-state index is 6.54. The summed E-state index contributed by atoms with van der Waals surface area (Å²) in [6.45, 7) is 6.88. The first-order chi connectivity index (χ1) is 15.6. The third kappa shape index (κ3) is 4.91. The second-order valence-corrected chi connectivity index (χ2v) is 9.41. The van der Waals surface area contributed by atoms with Gasteiger partial charge in [-0.3, -0.25) is 4.84 Å². The number of hydrogen-bond donors (Lipinski definition) is 0. The highest BCUT2D eigenvalue weighted by Gasteiger charge is 2.54. The van der Waals surface area contributed by atoms with Gasteiger partial charge in [-0.2, -0.15) is 5.06 Å². The first kappa shape index (κ1) is 22.0. The zero-order valence-electron chi connectivity index (χ0n) is 18.9. The average Bonchev–Trinajstić information content (AvgIpc) is 3.37. The molecular formula is C26H33NO5. The van der Waals surface area contributed by atoms with Crippen LogP contribution in [0.4, 0.5) is 0 Å². The molecule has 2 aromatic carbocycles. The Labute approximate surface area is 190 Å². The van der Waals surface area contributed by atoms with E-state index in [0.717, 1.165) is 12.0 Å². The summed E-state index contributed by atoms with van der Waals surface area (Å²) in [5, 5.41) is 2.08. The molecule has 0 spiro atoms. The van der Waals surface area contributed by atoms with Crippen LogP contribution < -0.4 is 0 Å². The van der Waals surface area contributed by atoms with E-state index in [1.165, 1.54) is 5.56 Å². The maximum Gasteiger partial charge on any atom is 0.162 e. The van der Waals surface area contributed by atoms with E-state index in [0.29, 0.717) is 39.0 Å². The van der Waals surface area contributed by atoms with Crippen molar-refractivity contribution in [1.29, 1.82) is 0 Å². The highest BCUT2D eigenvalue weighted by Crippen LogP contribution is 2.41. The Hall–Kier alpha value is -1.80. The fourth-order valence-corrected chi connectivity index (χ4v) is 4.94. The van der Waals surface area contributed by atoms with Crippen molar-refractivity contribution in [2.45, 2.75) is 63.6 Å². The summed E-state index contributed by atoms with van der Waals surface area (Å²) in [5.74, 6) is -0.179. The van der Waals surface area contributed by atoms with Gasteiger partial charge in [-0.15, -0.1) is 0 Å². The summed E-state index contributed by atoms with van der Waals surface area (Å²) >= 11 is 0.